The van der Waals surface area contributed by atoms with Gasteiger partial charge in [-0.05, 0) is 20.8 Å². The summed E-state index contributed by atoms with van der Waals surface area (Å²) in [6, 6.07) is 0.214. The number of aliphatic hydroxyl groups is 1. The summed E-state index contributed by atoms with van der Waals surface area (Å²) in [5.74, 6) is 0. The van der Waals surface area contributed by atoms with Crippen LogP contribution in [0.1, 0.15) is 31.8 Å². The highest BCUT2D eigenvalue weighted by atomic mass is 32.1. The summed E-state index contributed by atoms with van der Waals surface area (Å²) in [6.07, 6.45) is 1.79. The van der Waals surface area contributed by atoms with Crippen molar-refractivity contribution in [2.45, 2.75) is 32.4 Å². The molecule has 0 saturated heterocycles. The molecule has 0 aliphatic carbocycles. The van der Waals surface area contributed by atoms with Gasteiger partial charge in [0.05, 0.1) is 11.6 Å². The fourth-order valence-corrected chi connectivity index (χ4v) is 1.61. The molecule has 1 aromatic heterocycles. The van der Waals surface area contributed by atoms with Crippen LogP contribution in [-0.4, -0.2) is 22.2 Å². The van der Waals surface area contributed by atoms with E-state index in [9.17, 15) is 5.11 Å². The third-order valence-corrected chi connectivity index (χ3v) is 2.62. The summed E-state index contributed by atoms with van der Waals surface area (Å²) in [5, 5.41) is 15.7. The smallest absolute Gasteiger partial charge is 0.109 e. The Hall–Kier alpha value is -0.450. The topological polar surface area (TPSA) is 45.1 Å². The molecule has 0 amide bonds. The molecular weight excluding hydrogens is 184 g/mol. The van der Waals surface area contributed by atoms with Gasteiger partial charge in [-0.25, -0.2) is 4.98 Å². The minimum absolute atomic E-state index is 0.214. The first kappa shape index (κ1) is 10.6. The lowest BCUT2D eigenvalue weighted by Gasteiger charge is -2.20. The van der Waals surface area contributed by atoms with Gasteiger partial charge >= 0.3 is 0 Å². The fourth-order valence-electron chi connectivity index (χ4n) is 0.938. The zero-order valence-electron chi connectivity index (χ0n) is 8.24. The Labute approximate surface area is 82.8 Å². The first-order valence-corrected chi connectivity index (χ1v) is 5.22. The van der Waals surface area contributed by atoms with E-state index in [4.69, 9.17) is 0 Å². The van der Waals surface area contributed by atoms with E-state index in [2.05, 4.69) is 10.3 Å². The average Bonchev–Trinajstić information content (AvgIpc) is 2.50. The number of nitrogens with zero attached hydrogens (tertiary/aromatic N) is 1. The minimum Gasteiger partial charge on any atom is -0.389 e. The van der Waals surface area contributed by atoms with Crippen LogP contribution in [0.15, 0.2) is 11.6 Å². The molecule has 3 nitrogen and oxygen atoms in total. The fraction of sp³-hybridized carbons (Fsp3) is 0.667. The SMILES string of the molecule is C[C@H](NCC(C)(C)O)c1nccs1. The van der Waals surface area contributed by atoms with Crippen molar-refractivity contribution < 1.29 is 5.11 Å². The number of thiazole rings is 1. The normalized spacial score (nSPS) is 14.5. The van der Waals surface area contributed by atoms with Crippen molar-refractivity contribution in [2.24, 2.45) is 0 Å². The van der Waals surface area contributed by atoms with E-state index in [1.165, 1.54) is 0 Å². The maximum absolute atomic E-state index is 9.48. The van der Waals surface area contributed by atoms with Crippen LogP contribution < -0.4 is 5.32 Å². The zero-order valence-corrected chi connectivity index (χ0v) is 9.06. The maximum Gasteiger partial charge on any atom is 0.109 e. The lowest BCUT2D eigenvalue weighted by atomic mass is 10.1. The number of aromatic nitrogens is 1. The molecule has 2 N–H and O–H groups in total. The van der Waals surface area contributed by atoms with Gasteiger partial charge in [0.1, 0.15) is 5.01 Å². The molecule has 0 radical (unpaired) electrons. The second-order valence-corrected chi connectivity index (χ2v) is 4.71. The van der Waals surface area contributed by atoms with E-state index < -0.39 is 5.60 Å². The van der Waals surface area contributed by atoms with Crippen LogP contribution in [0.4, 0.5) is 0 Å². The molecule has 0 aliphatic rings. The molecule has 0 spiro atoms. The van der Waals surface area contributed by atoms with Crippen molar-refractivity contribution in [3.05, 3.63) is 16.6 Å². The van der Waals surface area contributed by atoms with Gasteiger partial charge in [-0.2, -0.15) is 0 Å². The molecule has 1 rings (SSSR count). The van der Waals surface area contributed by atoms with Gasteiger partial charge in [0, 0.05) is 18.1 Å². The Morgan fingerprint density at radius 1 is 1.69 bits per heavy atom. The van der Waals surface area contributed by atoms with Crippen LogP contribution >= 0.6 is 11.3 Å². The van der Waals surface area contributed by atoms with Gasteiger partial charge < -0.3 is 10.4 Å². The van der Waals surface area contributed by atoms with Gasteiger partial charge in [0.25, 0.3) is 0 Å². The lowest BCUT2D eigenvalue weighted by Crippen LogP contribution is -2.36. The Morgan fingerprint density at radius 3 is 2.85 bits per heavy atom. The van der Waals surface area contributed by atoms with Gasteiger partial charge in [0.2, 0.25) is 0 Å². The van der Waals surface area contributed by atoms with Crippen LogP contribution in [-0.2, 0) is 0 Å². The van der Waals surface area contributed by atoms with Gasteiger partial charge in [-0.3, -0.25) is 0 Å². The number of nitrogens with one attached hydrogen (secondary N) is 1. The Bertz CT molecular complexity index is 241. The van der Waals surface area contributed by atoms with Crippen LogP contribution in [0, 0.1) is 0 Å². The lowest BCUT2D eigenvalue weighted by molar-refractivity contribution is 0.0770. The van der Waals surface area contributed by atoms with Gasteiger partial charge in [-0.1, -0.05) is 0 Å². The van der Waals surface area contributed by atoms with E-state index in [1.54, 1.807) is 31.4 Å². The molecule has 1 aromatic rings. The number of hydrogen-bond acceptors (Lipinski definition) is 4. The largest absolute Gasteiger partial charge is 0.389 e. The summed E-state index contributed by atoms with van der Waals surface area (Å²) < 4.78 is 0. The molecule has 0 unspecified atom stereocenters. The van der Waals surface area contributed by atoms with Crippen LogP contribution in [0.3, 0.4) is 0 Å². The van der Waals surface area contributed by atoms with Crippen molar-refractivity contribution in [3.63, 3.8) is 0 Å². The quantitative estimate of drug-likeness (QED) is 0.775. The predicted molar refractivity (Wildman–Crippen MR) is 54.8 cm³/mol. The first-order valence-electron chi connectivity index (χ1n) is 4.34. The van der Waals surface area contributed by atoms with Crippen molar-refractivity contribution in [1.82, 2.24) is 10.3 Å². The predicted octanol–water partition coefficient (Wildman–Crippen LogP) is 1.56. The second-order valence-electron chi connectivity index (χ2n) is 3.79. The molecule has 1 atom stereocenters. The average molecular weight is 200 g/mol. The van der Waals surface area contributed by atoms with Crippen LogP contribution in [0.2, 0.25) is 0 Å². The molecule has 74 valence electrons. The van der Waals surface area contributed by atoms with E-state index in [0.29, 0.717) is 6.54 Å². The molecule has 0 fully saturated rings. The molecular formula is C9H16N2OS. The summed E-state index contributed by atoms with van der Waals surface area (Å²) in [7, 11) is 0. The third-order valence-electron chi connectivity index (χ3n) is 1.66. The Morgan fingerprint density at radius 2 is 2.38 bits per heavy atom. The van der Waals surface area contributed by atoms with E-state index in [-0.39, 0.29) is 6.04 Å². The minimum atomic E-state index is -0.661. The van der Waals surface area contributed by atoms with Crippen molar-refractivity contribution >= 4 is 11.3 Å². The van der Waals surface area contributed by atoms with E-state index in [0.717, 1.165) is 5.01 Å². The third kappa shape index (κ3) is 3.85. The second kappa shape index (κ2) is 4.17. The van der Waals surface area contributed by atoms with Crippen molar-refractivity contribution in [2.75, 3.05) is 6.54 Å². The Kier molecular flexibility index (Phi) is 3.41. The molecule has 0 aromatic carbocycles. The molecule has 0 aliphatic heterocycles. The summed E-state index contributed by atoms with van der Waals surface area (Å²) in [5.41, 5.74) is -0.661. The molecule has 1 heterocycles. The summed E-state index contributed by atoms with van der Waals surface area (Å²) in [4.78, 5) is 4.19. The van der Waals surface area contributed by atoms with Crippen molar-refractivity contribution in [1.29, 1.82) is 0 Å². The monoisotopic (exact) mass is 200 g/mol. The molecule has 13 heavy (non-hydrogen) atoms. The Balaban J connectivity index is 2.39. The molecule has 4 heteroatoms. The van der Waals surface area contributed by atoms with Crippen LogP contribution in [0.25, 0.3) is 0 Å². The summed E-state index contributed by atoms with van der Waals surface area (Å²) >= 11 is 1.63. The van der Waals surface area contributed by atoms with Crippen molar-refractivity contribution in [3.8, 4) is 0 Å². The number of rotatable bonds is 4. The highest BCUT2D eigenvalue weighted by Gasteiger charge is 2.15. The summed E-state index contributed by atoms with van der Waals surface area (Å²) in [6.45, 7) is 6.20. The molecule has 0 bridgehead atoms. The van der Waals surface area contributed by atoms with E-state index >= 15 is 0 Å². The highest BCUT2D eigenvalue weighted by Crippen LogP contribution is 2.15. The zero-order chi connectivity index (χ0) is 9.90. The molecule has 0 saturated carbocycles. The maximum atomic E-state index is 9.48. The van der Waals surface area contributed by atoms with E-state index in [1.807, 2.05) is 12.3 Å². The van der Waals surface area contributed by atoms with Crippen LogP contribution in [0.5, 0.6) is 0 Å². The highest BCUT2D eigenvalue weighted by molar-refractivity contribution is 7.09. The first-order chi connectivity index (χ1) is 5.99. The van der Waals surface area contributed by atoms with Gasteiger partial charge in [0.15, 0.2) is 0 Å². The standard InChI is InChI=1S/C9H16N2OS/c1-7(8-10-4-5-13-8)11-6-9(2,3)12/h4-5,7,11-12H,6H2,1-3H3/t7-/m0/s1. The number of hydrogen-bond donors (Lipinski definition) is 2. The van der Waals surface area contributed by atoms with Gasteiger partial charge in [-0.15, -0.1) is 11.3 Å².